The SMILES string of the molecule is C\C=C/C=C\C=C\c1ocnc1C(=O)NCCc1ccccc1F. The maximum atomic E-state index is 13.5. The summed E-state index contributed by atoms with van der Waals surface area (Å²) in [6, 6.07) is 6.50. The smallest absolute Gasteiger partial charge is 0.273 e. The van der Waals surface area contributed by atoms with E-state index in [1.807, 2.05) is 31.2 Å². The van der Waals surface area contributed by atoms with Crippen molar-refractivity contribution in [2.24, 2.45) is 0 Å². The predicted molar refractivity (Wildman–Crippen MR) is 91.9 cm³/mol. The molecular formula is C19H19FN2O2. The molecule has 1 N–H and O–H groups in total. The molecule has 1 amide bonds. The maximum Gasteiger partial charge on any atom is 0.273 e. The third kappa shape index (κ3) is 5.05. The lowest BCUT2D eigenvalue weighted by atomic mass is 10.1. The average molecular weight is 326 g/mol. The van der Waals surface area contributed by atoms with Crippen molar-refractivity contribution >= 4 is 12.0 Å². The third-order valence-corrected chi connectivity index (χ3v) is 3.22. The molecule has 0 radical (unpaired) electrons. The number of hydrogen-bond acceptors (Lipinski definition) is 3. The molecular weight excluding hydrogens is 307 g/mol. The van der Waals surface area contributed by atoms with Gasteiger partial charge in [0.2, 0.25) is 0 Å². The zero-order valence-corrected chi connectivity index (χ0v) is 13.4. The second-order valence-corrected chi connectivity index (χ2v) is 4.93. The van der Waals surface area contributed by atoms with Crippen LogP contribution in [0.5, 0.6) is 0 Å². The van der Waals surface area contributed by atoms with E-state index in [2.05, 4.69) is 10.3 Å². The number of amides is 1. The number of benzene rings is 1. The summed E-state index contributed by atoms with van der Waals surface area (Å²) in [6.07, 6.45) is 12.5. The number of carbonyl (C=O) groups excluding carboxylic acids is 1. The molecule has 0 aliphatic heterocycles. The van der Waals surface area contributed by atoms with Crippen LogP contribution in [0, 0.1) is 5.82 Å². The molecule has 2 rings (SSSR count). The van der Waals surface area contributed by atoms with Crippen LogP contribution >= 0.6 is 0 Å². The Morgan fingerprint density at radius 1 is 1.25 bits per heavy atom. The molecule has 0 fully saturated rings. The summed E-state index contributed by atoms with van der Waals surface area (Å²) in [5, 5.41) is 2.72. The molecule has 0 saturated carbocycles. The lowest BCUT2D eigenvalue weighted by Crippen LogP contribution is -2.26. The van der Waals surface area contributed by atoms with E-state index in [1.54, 1.807) is 30.4 Å². The first-order valence-electron chi connectivity index (χ1n) is 7.63. The van der Waals surface area contributed by atoms with Crippen LogP contribution < -0.4 is 5.32 Å². The lowest BCUT2D eigenvalue weighted by Gasteiger charge is -2.04. The molecule has 0 aliphatic carbocycles. The summed E-state index contributed by atoms with van der Waals surface area (Å²) in [7, 11) is 0. The van der Waals surface area contributed by atoms with Gasteiger partial charge < -0.3 is 9.73 Å². The van der Waals surface area contributed by atoms with Crippen LogP contribution in [0.1, 0.15) is 28.7 Å². The Bertz CT molecular complexity index is 760. The number of aromatic nitrogens is 1. The largest absolute Gasteiger partial charge is 0.443 e. The predicted octanol–water partition coefficient (Wildman–Crippen LogP) is 3.93. The number of rotatable bonds is 7. The van der Waals surface area contributed by atoms with Gasteiger partial charge in [-0.2, -0.15) is 0 Å². The fourth-order valence-electron chi connectivity index (χ4n) is 2.02. The minimum atomic E-state index is -0.350. The molecule has 4 nitrogen and oxygen atoms in total. The highest BCUT2D eigenvalue weighted by Gasteiger charge is 2.14. The number of nitrogens with one attached hydrogen (secondary N) is 1. The molecule has 0 spiro atoms. The minimum absolute atomic E-state index is 0.208. The van der Waals surface area contributed by atoms with Gasteiger partial charge in [-0.15, -0.1) is 0 Å². The topological polar surface area (TPSA) is 55.1 Å². The molecule has 0 bridgehead atoms. The van der Waals surface area contributed by atoms with Gasteiger partial charge in [0.05, 0.1) is 0 Å². The van der Waals surface area contributed by atoms with Crippen LogP contribution in [0.25, 0.3) is 6.08 Å². The van der Waals surface area contributed by atoms with Crippen molar-refractivity contribution in [3.05, 3.63) is 83.9 Å². The Morgan fingerprint density at radius 2 is 2.04 bits per heavy atom. The quantitative estimate of drug-likeness (QED) is 0.784. The molecule has 124 valence electrons. The third-order valence-electron chi connectivity index (χ3n) is 3.22. The molecule has 1 aromatic heterocycles. The highest BCUT2D eigenvalue weighted by Crippen LogP contribution is 2.10. The van der Waals surface area contributed by atoms with E-state index in [-0.39, 0.29) is 17.4 Å². The number of carbonyl (C=O) groups is 1. The van der Waals surface area contributed by atoms with Gasteiger partial charge in [0.1, 0.15) is 5.82 Å². The van der Waals surface area contributed by atoms with Crippen LogP contribution in [-0.4, -0.2) is 17.4 Å². The Kier molecular flexibility index (Phi) is 6.71. The van der Waals surface area contributed by atoms with Crippen molar-refractivity contribution in [2.75, 3.05) is 6.54 Å². The molecule has 24 heavy (non-hydrogen) atoms. The molecule has 0 saturated heterocycles. The lowest BCUT2D eigenvalue weighted by molar-refractivity contribution is 0.0949. The van der Waals surface area contributed by atoms with Crippen LogP contribution in [0.3, 0.4) is 0 Å². The molecule has 5 heteroatoms. The van der Waals surface area contributed by atoms with Crippen molar-refractivity contribution in [1.82, 2.24) is 10.3 Å². The molecule has 1 heterocycles. The number of oxazole rings is 1. The first-order valence-corrected chi connectivity index (χ1v) is 7.63. The Labute approximate surface area is 140 Å². The van der Waals surface area contributed by atoms with Gasteiger partial charge in [-0.05, 0) is 31.1 Å². The van der Waals surface area contributed by atoms with Gasteiger partial charge in [0.15, 0.2) is 17.8 Å². The van der Waals surface area contributed by atoms with E-state index >= 15 is 0 Å². The van der Waals surface area contributed by atoms with E-state index in [0.29, 0.717) is 24.3 Å². The zero-order valence-electron chi connectivity index (χ0n) is 13.4. The monoisotopic (exact) mass is 326 g/mol. The fourth-order valence-corrected chi connectivity index (χ4v) is 2.02. The van der Waals surface area contributed by atoms with Gasteiger partial charge in [0, 0.05) is 6.54 Å². The van der Waals surface area contributed by atoms with E-state index in [1.165, 1.54) is 12.5 Å². The van der Waals surface area contributed by atoms with E-state index in [9.17, 15) is 9.18 Å². The van der Waals surface area contributed by atoms with Crippen LogP contribution in [0.2, 0.25) is 0 Å². The van der Waals surface area contributed by atoms with Gasteiger partial charge in [-0.1, -0.05) is 48.6 Å². The Balaban J connectivity index is 1.91. The average Bonchev–Trinajstić information content (AvgIpc) is 3.05. The fraction of sp³-hybridized carbons (Fsp3) is 0.158. The summed E-state index contributed by atoms with van der Waals surface area (Å²) in [5.41, 5.74) is 0.770. The standard InChI is InChI=1S/C19H19FN2O2/c1-2-3-4-5-6-11-17-18(22-14-24-17)19(23)21-13-12-15-9-7-8-10-16(15)20/h2-11,14H,12-13H2,1H3,(H,21,23)/b3-2-,5-4-,11-6+. The van der Waals surface area contributed by atoms with E-state index in [4.69, 9.17) is 4.42 Å². The van der Waals surface area contributed by atoms with Gasteiger partial charge in [-0.25, -0.2) is 9.37 Å². The Morgan fingerprint density at radius 3 is 2.83 bits per heavy atom. The van der Waals surface area contributed by atoms with Crippen LogP contribution in [0.15, 0.2) is 65.5 Å². The molecule has 0 unspecified atom stereocenters. The second-order valence-electron chi connectivity index (χ2n) is 4.93. The van der Waals surface area contributed by atoms with Crippen molar-refractivity contribution in [2.45, 2.75) is 13.3 Å². The van der Waals surface area contributed by atoms with Crippen molar-refractivity contribution < 1.29 is 13.6 Å². The summed E-state index contributed by atoms with van der Waals surface area (Å²) < 4.78 is 18.7. The van der Waals surface area contributed by atoms with Crippen LogP contribution in [-0.2, 0) is 6.42 Å². The highest BCUT2D eigenvalue weighted by atomic mass is 19.1. The second kappa shape index (κ2) is 9.25. The first-order chi connectivity index (χ1) is 11.7. The van der Waals surface area contributed by atoms with E-state index < -0.39 is 0 Å². The van der Waals surface area contributed by atoms with Gasteiger partial charge in [-0.3, -0.25) is 4.79 Å². The van der Waals surface area contributed by atoms with Crippen molar-refractivity contribution in [3.63, 3.8) is 0 Å². The highest BCUT2D eigenvalue weighted by molar-refractivity contribution is 5.94. The van der Waals surface area contributed by atoms with Gasteiger partial charge >= 0.3 is 0 Å². The first kappa shape index (κ1) is 17.4. The molecule has 1 aromatic carbocycles. The normalized spacial score (nSPS) is 11.8. The number of allylic oxidation sites excluding steroid dienone is 5. The summed E-state index contributed by atoms with van der Waals surface area (Å²) in [4.78, 5) is 16.1. The summed E-state index contributed by atoms with van der Waals surface area (Å²) in [5.74, 6) is -0.245. The molecule has 0 atom stereocenters. The van der Waals surface area contributed by atoms with Gasteiger partial charge in [0.25, 0.3) is 5.91 Å². The maximum absolute atomic E-state index is 13.5. The van der Waals surface area contributed by atoms with Crippen LogP contribution in [0.4, 0.5) is 4.39 Å². The van der Waals surface area contributed by atoms with Crippen molar-refractivity contribution in [3.8, 4) is 0 Å². The van der Waals surface area contributed by atoms with E-state index in [0.717, 1.165) is 0 Å². The van der Waals surface area contributed by atoms with Crippen molar-refractivity contribution in [1.29, 1.82) is 0 Å². The minimum Gasteiger partial charge on any atom is -0.443 e. The summed E-state index contributed by atoms with van der Waals surface area (Å²) >= 11 is 0. The molecule has 0 aliphatic rings. The molecule has 2 aromatic rings. The zero-order chi connectivity index (χ0) is 17.2. The summed E-state index contributed by atoms with van der Waals surface area (Å²) in [6.45, 7) is 2.24. The number of hydrogen-bond donors (Lipinski definition) is 1. The Hall–Kier alpha value is -2.95. The number of halogens is 1. The number of nitrogens with zero attached hydrogens (tertiary/aromatic N) is 1.